The van der Waals surface area contributed by atoms with Crippen LogP contribution >= 0.6 is 7.14 Å². The molecule has 0 N–H and O–H groups in total. The van der Waals surface area contributed by atoms with Gasteiger partial charge in [0.25, 0.3) is 0 Å². The third kappa shape index (κ3) is 2.72. The Bertz CT molecular complexity index is 2070. The molecule has 0 saturated heterocycles. The van der Waals surface area contributed by atoms with Gasteiger partial charge in [-0.1, -0.05) is 97.1 Å². The molecule has 1 unspecified atom stereocenters. The fraction of sp³-hybridized carbons (Fsp3) is 0. The molecule has 7 aromatic rings. The number of hydrogen-bond acceptors (Lipinski definition) is 2. The van der Waals surface area contributed by atoms with E-state index in [1.165, 1.54) is 16.2 Å². The van der Waals surface area contributed by atoms with Crippen LogP contribution in [-0.2, 0) is 4.57 Å². The van der Waals surface area contributed by atoms with Crippen LogP contribution in [0.2, 0.25) is 0 Å². The monoisotopic (exact) mass is 492 g/mol. The van der Waals surface area contributed by atoms with E-state index in [1.54, 1.807) is 0 Å². The maximum atomic E-state index is 15.2. The van der Waals surface area contributed by atoms with Gasteiger partial charge in [-0.2, -0.15) is 0 Å². The minimum Gasteiger partial charge on any atom is -0.308 e. The topological polar surface area (TPSA) is 34.9 Å². The molecule has 0 spiro atoms. The molecule has 1 aromatic heterocycles. The Morgan fingerprint density at radius 1 is 0.595 bits per heavy atom. The number of rotatable bonds is 2. The molecule has 0 bridgehead atoms. The molecule has 1 aliphatic rings. The highest BCUT2D eigenvalue weighted by Crippen LogP contribution is 2.50. The number of fused-ring (bicyclic) bond motifs is 5. The third-order valence-electron chi connectivity index (χ3n) is 7.59. The fourth-order valence-electron chi connectivity index (χ4n) is 5.98. The molecule has 8 rings (SSSR count). The lowest BCUT2D eigenvalue weighted by Gasteiger charge is -2.29. The summed E-state index contributed by atoms with van der Waals surface area (Å²) in [5.41, 5.74) is 3.79. The normalized spacial score (nSPS) is 16.3. The van der Waals surface area contributed by atoms with E-state index in [4.69, 9.17) is 4.98 Å². The lowest BCUT2D eigenvalue weighted by atomic mass is 9.97. The number of hydrogen-bond donors (Lipinski definition) is 0. The van der Waals surface area contributed by atoms with E-state index in [1.807, 2.05) is 66.7 Å². The SMILES string of the molecule is O=P1(c2ccccc2)c2ccccc2-n2c(-c3cc4ccccc4c4ccccc34)nc3cccc1c32. The van der Waals surface area contributed by atoms with Crippen LogP contribution in [0, 0.1) is 0 Å². The molecule has 0 radical (unpaired) electrons. The first-order chi connectivity index (χ1) is 18.2. The van der Waals surface area contributed by atoms with Crippen LogP contribution in [0.5, 0.6) is 0 Å². The lowest BCUT2D eigenvalue weighted by molar-refractivity contribution is 0.592. The van der Waals surface area contributed by atoms with E-state index in [-0.39, 0.29) is 0 Å². The predicted molar refractivity (Wildman–Crippen MR) is 154 cm³/mol. The molecule has 2 heterocycles. The Morgan fingerprint density at radius 2 is 1.27 bits per heavy atom. The van der Waals surface area contributed by atoms with Crippen LogP contribution in [-0.4, -0.2) is 9.55 Å². The first-order valence-electron chi connectivity index (χ1n) is 12.4. The molecule has 1 atom stereocenters. The number of para-hydroxylation sites is 2. The molecule has 37 heavy (non-hydrogen) atoms. The molecule has 0 aliphatic carbocycles. The van der Waals surface area contributed by atoms with Crippen molar-refractivity contribution in [2.45, 2.75) is 0 Å². The molecular formula is C33H21N2OP. The van der Waals surface area contributed by atoms with E-state index in [2.05, 4.69) is 65.2 Å². The summed E-state index contributed by atoms with van der Waals surface area (Å²) in [5, 5.41) is 7.31. The average molecular weight is 493 g/mol. The Labute approximate surface area is 214 Å². The zero-order chi connectivity index (χ0) is 24.6. The third-order valence-corrected chi connectivity index (χ3v) is 10.7. The van der Waals surface area contributed by atoms with E-state index >= 15 is 4.57 Å². The number of aromatic nitrogens is 2. The van der Waals surface area contributed by atoms with Crippen molar-refractivity contribution in [2.24, 2.45) is 0 Å². The first kappa shape index (κ1) is 20.7. The average Bonchev–Trinajstić information content (AvgIpc) is 3.36. The van der Waals surface area contributed by atoms with E-state index in [0.717, 1.165) is 49.4 Å². The van der Waals surface area contributed by atoms with Crippen LogP contribution in [0.3, 0.4) is 0 Å². The van der Waals surface area contributed by atoms with Crippen LogP contribution in [0.1, 0.15) is 0 Å². The zero-order valence-corrected chi connectivity index (χ0v) is 20.8. The van der Waals surface area contributed by atoms with Crippen LogP contribution in [0.25, 0.3) is 49.7 Å². The van der Waals surface area contributed by atoms with Crippen molar-refractivity contribution >= 4 is 55.6 Å². The van der Waals surface area contributed by atoms with Crippen molar-refractivity contribution in [3.05, 3.63) is 127 Å². The van der Waals surface area contributed by atoms with Crippen LogP contribution in [0.4, 0.5) is 0 Å². The largest absolute Gasteiger partial charge is 0.308 e. The van der Waals surface area contributed by atoms with Gasteiger partial charge in [-0.05, 0) is 51.9 Å². The summed E-state index contributed by atoms with van der Waals surface area (Å²) in [7, 11) is -3.09. The van der Waals surface area contributed by atoms with Crippen LogP contribution in [0.15, 0.2) is 127 Å². The first-order valence-corrected chi connectivity index (χ1v) is 14.1. The predicted octanol–water partition coefficient (Wildman–Crippen LogP) is 6.95. The molecule has 4 heteroatoms. The van der Waals surface area contributed by atoms with Gasteiger partial charge in [-0.25, -0.2) is 4.98 Å². The highest BCUT2D eigenvalue weighted by atomic mass is 31.2. The summed E-state index contributed by atoms with van der Waals surface area (Å²) < 4.78 is 17.4. The highest BCUT2D eigenvalue weighted by Gasteiger charge is 2.39. The van der Waals surface area contributed by atoms with Gasteiger partial charge >= 0.3 is 0 Å². The van der Waals surface area contributed by atoms with Gasteiger partial charge in [-0.3, -0.25) is 4.57 Å². The minimum atomic E-state index is -3.09. The lowest BCUT2D eigenvalue weighted by Crippen LogP contribution is -2.32. The van der Waals surface area contributed by atoms with Crippen molar-refractivity contribution in [3.8, 4) is 17.1 Å². The quantitative estimate of drug-likeness (QED) is 0.193. The van der Waals surface area contributed by atoms with Crippen molar-refractivity contribution in [1.29, 1.82) is 0 Å². The van der Waals surface area contributed by atoms with Gasteiger partial charge in [-0.15, -0.1) is 0 Å². The molecule has 3 nitrogen and oxygen atoms in total. The summed E-state index contributed by atoms with van der Waals surface area (Å²) in [6, 6.07) is 43.3. The molecule has 1 aliphatic heterocycles. The zero-order valence-electron chi connectivity index (χ0n) is 19.9. The molecule has 174 valence electrons. The summed E-state index contributed by atoms with van der Waals surface area (Å²) in [6.45, 7) is 0. The Hall–Kier alpha value is -4.46. The number of nitrogens with zero attached hydrogens (tertiary/aromatic N) is 2. The van der Waals surface area contributed by atoms with Gasteiger partial charge in [0.2, 0.25) is 0 Å². The van der Waals surface area contributed by atoms with Crippen molar-refractivity contribution < 1.29 is 4.57 Å². The Kier molecular flexibility index (Phi) is 4.21. The smallest absolute Gasteiger partial charge is 0.175 e. The molecular weight excluding hydrogens is 471 g/mol. The molecule has 0 amide bonds. The van der Waals surface area contributed by atoms with Gasteiger partial charge in [0, 0.05) is 21.5 Å². The van der Waals surface area contributed by atoms with Crippen LogP contribution < -0.4 is 15.9 Å². The van der Waals surface area contributed by atoms with Crippen molar-refractivity contribution in [1.82, 2.24) is 9.55 Å². The van der Waals surface area contributed by atoms with Crippen molar-refractivity contribution in [2.75, 3.05) is 0 Å². The summed E-state index contributed by atoms with van der Waals surface area (Å²) in [4.78, 5) is 5.21. The van der Waals surface area contributed by atoms with Gasteiger partial charge in [0.15, 0.2) is 7.14 Å². The minimum absolute atomic E-state index is 0.846. The van der Waals surface area contributed by atoms with Gasteiger partial charge < -0.3 is 4.57 Å². The highest BCUT2D eigenvalue weighted by molar-refractivity contribution is 7.86. The number of imidazole rings is 1. The Morgan fingerprint density at radius 3 is 2.14 bits per heavy atom. The molecule has 6 aromatic carbocycles. The molecule has 0 fully saturated rings. The fourth-order valence-corrected chi connectivity index (χ4v) is 8.99. The summed E-state index contributed by atoms with van der Waals surface area (Å²) in [6.07, 6.45) is 0. The second kappa shape index (κ2) is 7.52. The Balaban J connectivity index is 1.55. The standard InChI is InChI=1S/C33H21N2OP/c36-37(23-12-2-1-3-13-23)30-19-9-8-18-29(30)35-32-28(17-10-20-31(32)37)34-33(35)27-21-22-11-4-5-14-24(22)25-15-6-7-16-26(25)27/h1-21H. The van der Waals surface area contributed by atoms with E-state index in [9.17, 15) is 0 Å². The molecule has 0 saturated carbocycles. The van der Waals surface area contributed by atoms with Crippen molar-refractivity contribution in [3.63, 3.8) is 0 Å². The van der Waals surface area contributed by atoms with Gasteiger partial charge in [0.05, 0.1) is 16.7 Å². The maximum absolute atomic E-state index is 15.2. The maximum Gasteiger partial charge on any atom is 0.175 e. The number of benzene rings is 6. The summed E-state index contributed by atoms with van der Waals surface area (Å²) in [5.74, 6) is 0.871. The van der Waals surface area contributed by atoms with Gasteiger partial charge in [0.1, 0.15) is 5.82 Å². The van der Waals surface area contributed by atoms with E-state index < -0.39 is 7.14 Å². The second-order valence-electron chi connectivity index (χ2n) is 9.54. The second-order valence-corrected chi connectivity index (χ2v) is 12.2. The summed E-state index contributed by atoms with van der Waals surface area (Å²) >= 11 is 0. The van der Waals surface area contributed by atoms with E-state index in [0.29, 0.717) is 0 Å².